The van der Waals surface area contributed by atoms with Crippen LogP contribution in [0.4, 0.5) is 5.95 Å². The van der Waals surface area contributed by atoms with Crippen LogP contribution in [0.3, 0.4) is 0 Å². The van der Waals surface area contributed by atoms with Gasteiger partial charge in [0, 0.05) is 12.0 Å². The first kappa shape index (κ1) is 9.08. The number of nitrogens with two attached hydrogens (primary N) is 1. The van der Waals surface area contributed by atoms with Gasteiger partial charge in [0.1, 0.15) is 12.2 Å². The van der Waals surface area contributed by atoms with Gasteiger partial charge in [-0.1, -0.05) is 0 Å². The maximum absolute atomic E-state index is 11.4. The second kappa shape index (κ2) is 3.16. The number of nitrogens with zero attached hydrogens (tertiary/aromatic N) is 4. The monoisotopic (exact) mass is 218 g/mol. The molecule has 7 heteroatoms. The minimum atomic E-state index is -0.180. The van der Waals surface area contributed by atoms with Crippen molar-refractivity contribution in [3.8, 4) is 5.82 Å². The highest BCUT2D eigenvalue weighted by molar-refractivity contribution is 5.23. The van der Waals surface area contributed by atoms with E-state index < -0.39 is 0 Å². The standard InChI is InChI=1S/C9H10N6O/c10-9-11-4-15(14-9)6-3-7(16)13-8(12-6)5-1-2-5/h3-5H,1-2H2,(H2,10,14)(H,12,13,16). The van der Waals surface area contributed by atoms with E-state index in [0.717, 1.165) is 18.7 Å². The van der Waals surface area contributed by atoms with Gasteiger partial charge in [-0.3, -0.25) is 4.79 Å². The Hall–Kier alpha value is -2.18. The summed E-state index contributed by atoms with van der Waals surface area (Å²) in [6.07, 6.45) is 3.59. The molecule has 0 atom stereocenters. The summed E-state index contributed by atoms with van der Waals surface area (Å²) in [6.45, 7) is 0. The second-order valence-electron chi connectivity index (χ2n) is 3.81. The maximum Gasteiger partial charge on any atom is 0.253 e. The molecule has 7 nitrogen and oxygen atoms in total. The molecule has 0 radical (unpaired) electrons. The van der Waals surface area contributed by atoms with E-state index in [0.29, 0.717) is 11.7 Å². The molecular weight excluding hydrogens is 208 g/mol. The Morgan fingerprint density at radius 2 is 2.31 bits per heavy atom. The molecule has 0 unspecified atom stereocenters. The van der Waals surface area contributed by atoms with E-state index in [1.807, 2.05) is 0 Å². The van der Waals surface area contributed by atoms with Crippen LogP contribution in [0.1, 0.15) is 24.6 Å². The zero-order valence-corrected chi connectivity index (χ0v) is 8.42. The van der Waals surface area contributed by atoms with Crippen molar-refractivity contribution in [3.05, 3.63) is 28.6 Å². The first-order valence-corrected chi connectivity index (χ1v) is 5.01. The van der Waals surface area contributed by atoms with Gasteiger partial charge < -0.3 is 10.7 Å². The van der Waals surface area contributed by atoms with Crippen molar-refractivity contribution >= 4 is 5.95 Å². The highest BCUT2D eigenvalue weighted by Crippen LogP contribution is 2.37. The van der Waals surface area contributed by atoms with Crippen molar-refractivity contribution in [2.75, 3.05) is 5.73 Å². The molecule has 3 rings (SSSR count). The van der Waals surface area contributed by atoms with Crippen LogP contribution >= 0.6 is 0 Å². The lowest BCUT2D eigenvalue weighted by atomic mass is 10.4. The summed E-state index contributed by atoms with van der Waals surface area (Å²) < 4.78 is 1.40. The third-order valence-corrected chi connectivity index (χ3v) is 2.45. The van der Waals surface area contributed by atoms with Crippen molar-refractivity contribution in [1.82, 2.24) is 24.7 Å². The molecule has 0 aliphatic heterocycles. The molecular formula is C9H10N6O. The lowest BCUT2D eigenvalue weighted by molar-refractivity contribution is 0.803. The van der Waals surface area contributed by atoms with Crippen LogP contribution in [0.2, 0.25) is 0 Å². The number of anilines is 1. The summed E-state index contributed by atoms with van der Waals surface area (Å²) >= 11 is 0. The molecule has 0 bridgehead atoms. The zero-order chi connectivity index (χ0) is 11.1. The molecule has 1 fully saturated rings. The van der Waals surface area contributed by atoms with E-state index in [4.69, 9.17) is 5.73 Å². The van der Waals surface area contributed by atoms with E-state index in [1.165, 1.54) is 17.1 Å². The molecule has 2 aromatic rings. The van der Waals surface area contributed by atoms with E-state index in [1.54, 1.807) is 0 Å². The van der Waals surface area contributed by atoms with Crippen LogP contribution in [0.5, 0.6) is 0 Å². The molecule has 0 aromatic carbocycles. The lowest BCUT2D eigenvalue weighted by Crippen LogP contribution is -2.13. The van der Waals surface area contributed by atoms with Crippen molar-refractivity contribution < 1.29 is 0 Å². The molecule has 0 saturated heterocycles. The van der Waals surface area contributed by atoms with Gasteiger partial charge in [-0.05, 0) is 12.8 Å². The SMILES string of the molecule is Nc1ncn(-c2cc(=O)[nH]c(C3CC3)n2)n1. The molecule has 2 aromatic heterocycles. The number of hydrogen-bond acceptors (Lipinski definition) is 5. The van der Waals surface area contributed by atoms with Gasteiger partial charge in [0.2, 0.25) is 5.95 Å². The quantitative estimate of drug-likeness (QED) is 0.727. The lowest BCUT2D eigenvalue weighted by Gasteiger charge is -2.01. The van der Waals surface area contributed by atoms with Gasteiger partial charge in [0.15, 0.2) is 5.82 Å². The minimum absolute atomic E-state index is 0.162. The van der Waals surface area contributed by atoms with Gasteiger partial charge in [-0.25, -0.2) is 14.6 Å². The van der Waals surface area contributed by atoms with Gasteiger partial charge in [-0.15, -0.1) is 5.10 Å². The van der Waals surface area contributed by atoms with Gasteiger partial charge in [0.05, 0.1) is 0 Å². The smallest absolute Gasteiger partial charge is 0.253 e. The summed E-state index contributed by atoms with van der Waals surface area (Å²) in [7, 11) is 0. The molecule has 82 valence electrons. The number of rotatable bonds is 2. The van der Waals surface area contributed by atoms with Gasteiger partial charge in [-0.2, -0.15) is 0 Å². The van der Waals surface area contributed by atoms with Gasteiger partial charge >= 0.3 is 0 Å². The van der Waals surface area contributed by atoms with Crippen LogP contribution in [0.15, 0.2) is 17.2 Å². The molecule has 0 spiro atoms. The molecule has 2 heterocycles. The number of nitrogen functional groups attached to an aromatic ring is 1. The first-order valence-electron chi connectivity index (χ1n) is 5.01. The minimum Gasteiger partial charge on any atom is -0.366 e. The number of H-pyrrole nitrogens is 1. The summed E-state index contributed by atoms with van der Waals surface area (Å²) in [5.74, 6) is 1.72. The first-order chi connectivity index (χ1) is 7.72. The van der Waals surface area contributed by atoms with Crippen LogP contribution in [-0.2, 0) is 0 Å². The van der Waals surface area contributed by atoms with Crippen molar-refractivity contribution in [1.29, 1.82) is 0 Å². The third kappa shape index (κ3) is 1.56. The normalized spacial score (nSPS) is 15.2. The third-order valence-electron chi connectivity index (χ3n) is 2.45. The number of nitrogens with one attached hydrogen (secondary N) is 1. The fourth-order valence-electron chi connectivity index (χ4n) is 1.52. The highest BCUT2D eigenvalue weighted by atomic mass is 16.1. The Morgan fingerprint density at radius 1 is 1.50 bits per heavy atom. The van der Waals surface area contributed by atoms with E-state index in [2.05, 4.69) is 20.1 Å². The Labute approximate surface area is 90.3 Å². The summed E-state index contributed by atoms with van der Waals surface area (Å²) in [4.78, 5) is 22.3. The van der Waals surface area contributed by atoms with E-state index in [9.17, 15) is 4.79 Å². The average Bonchev–Trinajstić information content (AvgIpc) is 3.01. The predicted octanol–water partition coefficient (Wildman–Crippen LogP) is -0.190. The fraction of sp³-hybridized carbons (Fsp3) is 0.333. The molecule has 1 saturated carbocycles. The number of aromatic nitrogens is 5. The Morgan fingerprint density at radius 3 is 2.94 bits per heavy atom. The molecule has 3 N–H and O–H groups in total. The van der Waals surface area contributed by atoms with Crippen LogP contribution in [0, 0.1) is 0 Å². The molecule has 0 amide bonds. The largest absolute Gasteiger partial charge is 0.366 e. The highest BCUT2D eigenvalue weighted by Gasteiger charge is 2.26. The van der Waals surface area contributed by atoms with Gasteiger partial charge in [0.25, 0.3) is 5.56 Å². The van der Waals surface area contributed by atoms with E-state index in [-0.39, 0.29) is 11.5 Å². The molecule has 16 heavy (non-hydrogen) atoms. The number of hydrogen-bond donors (Lipinski definition) is 2. The van der Waals surface area contributed by atoms with Crippen molar-refractivity contribution in [3.63, 3.8) is 0 Å². The Balaban J connectivity index is 2.09. The van der Waals surface area contributed by atoms with Crippen LogP contribution in [0.25, 0.3) is 5.82 Å². The molecule has 1 aliphatic carbocycles. The predicted molar refractivity (Wildman–Crippen MR) is 56.2 cm³/mol. The topological polar surface area (TPSA) is 102 Å². The van der Waals surface area contributed by atoms with Crippen molar-refractivity contribution in [2.45, 2.75) is 18.8 Å². The summed E-state index contributed by atoms with van der Waals surface area (Å²) in [5, 5.41) is 3.91. The average molecular weight is 218 g/mol. The zero-order valence-electron chi connectivity index (χ0n) is 8.42. The van der Waals surface area contributed by atoms with Crippen molar-refractivity contribution in [2.24, 2.45) is 0 Å². The van der Waals surface area contributed by atoms with Crippen LogP contribution < -0.4 is 11.3 Å². The number of aromatic amines is 1. The Kier molecular flexibility index (Phi) is 1.79. The van der Waals surface area contributed by atoms with E-state index >= 15 is 0 Å². The Bertz CT molecular complexity index is 582. The maximum atomic E-state index is 11.4. The second-order valence-corrected chi connectivity index (χ2v) is 3.81. The summed E-state index contributed by atoms with van der Waals surface area (Å²) in [6, 6.07) is 1.38. The molecule has 1 aliphatic rings. The fourth-order valence-corrected chi connectivity index (χ4v) is 1.52. The van der Waals surface area contributed by atoms with Crippen LogP contribution in [-0.4, -0.2) is 24.7 Å². The summed E-state index contributed by atoms with van der Waals surface area (Å²) in [5.41, 5.74) is 5.23.